The van der Waals surface area contributed by atoms with E-state index in [1.165, 1.54) is 0 Å². The molecule has 3 heteroatoms. The van der Waals surface area contributed by atoms with Crippen molar-refractivity contribution in [1.29, 1.82) is 0 Å². The summed E-state index contributed by atoms with van der Waals surface area (Å²) in [4.78, 5) is 0. The van der Waals surface area contributed by atoms with Gasteiger partial charge in [0.2, 0.25) is 0 Å². The Bertz CT molecular complexity index is 291. The lowest BCUT2D eigenvalue weighted by molar-refractivity contribution is -0.00751. The van der Waals surface area contributed by atoms with Crippen molar-refractivity contribution >= 4 is 10.8 Å². The summed E-state index contributed by atoms with van der Waals surface area (Å²) in [6, 6.07) is 0. The van der Waals surface area contributed by atoms with Crippen LogP contribution in [0.5, 0.6) is 0 Å². The van der Waals surface area contributed by atoms with Crippen LogP contribution in [0.15, 0.2) is 12.2 Å². The van der Waals surface area contributed by atoms with Crippen LogP contribution in [0.4, 0.5) is 0 Å². The van der Waals surface area contributed by atoms with Crippen LogP contribution in [0.1, 0.15) is 47.5 Å². The third kappa shape index (κ3) is 4.55. The highest BCUT2D eigenvalue weighted by Gasteiger charge is 2.29. The van der Waals surface area contributed by atoms with Crippen molar-refractivity contribution in [1.82, 2.24) is 0 Å². The topological polar surface area (TPSA) is 26.3 Å². The first-order valence-corrected chi connectivity index (χ1v) is 7.88. The fraction of sp³-hybridized carbons (Fsp3) is 0.857. The van der Waals surface area contributed by atoms with E-state index < -0.39 is 10.8 Å². The molecule has 1 aliphatic heterocycles. The monoisotopic (exact) mass is 258 g/mol. The molecule has 1 rings (SSSR count). The van der Waals surface area contributed by atoms with Crippen LogP contribution in [0.25, 0.3) is 0 Å². The van der Waals surface area contributed by atoms with Gasteiger partial charge in [0.05, 0.1) is 18.0 Å². The fourth-order valence-electron chi connectivity index (χ4n) is 1.86. The third-order valence-corrected chi connectivity index (χ3v) is 5.13. The largest absolute Gasteiger partial charge is 0.369 e. The van der Waals surface area contributed by atoms with Crippen LogP contribution in [-0.4, -0.2) is 26.9 Å². The van der Waals surface area contributed by atoms with Gasteiger partial charge < -0.3 is 4.74 Å². The first kappa shape index (κ1) is 14.9. The Morgan fingerprint density at radius 2 is 1.94 bits per heavy atom. The molecule has 0 radical (unpaired) electrons. The van der Waals surface area contributed by atoms with E-state index in [4.69, 9.17) is 4.74 Å². The van der Waals surface area contributed by atoms with Crippen molar-refractivity contribution in [2.45, 2.75) is 64.4 Å². The van der Waals surface area contributed by atoms with Gasteiger partial charge >= 0.3 is 0 Å². The molecule has 0 aromatic heterocycles. The maximum Gasteiger partial charge on any atom is 0.0760 e. The van der Waals surface area contributed by atoms with Crippen LogP contribution in [0, 0.1) is 5.92 Å². The Hall–Kier alpha value is -0.150. The number of hydrogen-bond acceptors (Lipinski definition) is 2. The lowest BCUT2D eigenvalue weighted by atomic mass is 10.00. The Labute approximate surface area is 108 Å². The number of hydrogen-bond donors (Lipinski definition) is 0. The molecule has 0 fully saturated rings. The van der Waals surface area contributed by atoms with E-state index in [0.29, 0.717) is 11.7 Å². The van der Waals surface area contributed by atoms with Crippen molar-refractivity contribution in [2.24, 2.45) is 5.92 Å². The zero-order chi connectivity index (χ0) is 13.1. The van der Waals surface area contributed by atoms with Crippen molar-refractivity contribution in [3.8, 4) is 0 Å². The van der Waals surface area contributed by atoms with Crippen molar-refractivity contribution in [3.05, 3.63) is 12.2 Å². The molecule has 0 aromatic carbocycles. The van der Waals surface area contributed by atoms with E-state index >= 15 is 0 Å². The molecular formula is C14H26O2S. The summed E-state index contributed by atoms with van der Waals surface area (Å²) in [5, 5.41) is 0. The summed E-state index contributed by atoms with van der Waals surface area (Å²) in [7, 11) is -0.833. The second kappa shape index (κ2) is 6.14. The minimum absolute atomic E-state index is 0.108. The van der Waals surface area contributed by atoms with Crippen LogP contribution < -0.4 is 0 Å². The minimum atomic E-state index is -0.833. The van der Waals surface area contributed by atoms with Gasteiger partial charge in [-0.1, -0.05) is 32.4 Å². The Balaban J connectivity index is 2.59. The maximum atomic E-state index is 12.1. The van der Waals surface area contributed by atoms with E-state index in [9.17, 15) is 4.21 Å². The Morgan fingerprint density at radius 3 is 2.47 bits per heavy atom. The molecule has 1 unspecified atom stereocenters. The molecule has 0 bridgehead atoms. The molecule has 0 spiro atoms. The van der Waals surface area contributed by atoms with Gasteiger partial charge in [-0.2, -0.15) is 0 Å². The van der Waals surface area contributed by atoms with Gasteiger partial charge in [-0.15, -0.1) is 0 Å². The smallest absolute Gasteiger partial charge is 0.0760 e. The highest BCUT2D eigenvalue weighted by atomic mass is 32.2. The minimum Gasteiger partial charge on any atom is -0.369 e. The van der Waals surface area contributed by atoms with Crippen LogP contribution in [0.3, 0.4) is 0 Å². The molecule has 100 valence electrons. The van der Waals surface area contributed by atoms with Crippen LogP contribution >= 0.6 is 0 Å². The van der Waals surface area contributed by atoms with E-state index in [1.807, 2.05) is 20.8 Å². The molecule has 0 saturated heterocycles. The lowest BCUT2D eigenvalue weighted by Crippen LogP contribution is -2.38. The summed E-state index contributed by atoms with van der Waals surface area (Å²) < 4.78 is 18.0. The molecule has 0 aromatic rings. The van der Waals surface area contributed by atoms with Gasteiger partial charge in [0.15, 0.2) is 0 Å². The SMILES string of the molecule is CCC[C@@H]1C=C[C@@H](C)[C@H](CS(=O)C(C)(C)C)O1. The zero-order valence-electron chi connectivity index (χ0n) is 11.7. The number of ether oxygens (including phenoxy) is 1. The summed E-state index contributed by atoms with van der Waals surface area (Å²) in [6.45, 7) is 10.4. The molecule has 1 aliphatic rings. The second-order valence-electron chi connectivity index (χ2n) is 5.87. The van der Waals surface area contributed by atoms with E-state index in [0.717, 1.165) is 12.8 Å². The first-order chi connectivity index (χ1) is 7.84. The van der Waals surface area contributed by atoms with E-state index in [2.05, 4.69) is 26.0 Å². The summed E-state index contributed by atoms with van der Waals surface area (Å²) in [5.41, 5.74) is 0. The first-order valence-electron chi connectivity index (χ1n) is 6.57. The summed E-state index contributed by atoms with van der Waals surface area (Å²) in [6.07, 6.45) is 6.88. The highest BCUT2D eigenvalue weighted by Crippen LogP contribution is 2.24. The van der Waals surface area contributed by atoms with Gasteiger partial charge in [-0.3, -0.25) is 4.21 Å². The zero-order valence-corrected chi connectivity index (χ0v) is 12.5. The fourth-order valence-corrected chi connectivity index (χ4v) is 3.04. The van der Waals surface area contributed by atoms with Crippen LogP contribution in [-0.2, 0) is 15.5 Å². The van der Waals surface area contributed by atoms with Gasteiger partial charge in [0.1, 0.15) is 0 Å². The van der Waals surface area contributed by atoms with E-state index in [1.54, 1.807) is 0 Å². The van der Waals surface area contributed by atoms with Crippen LogP contribution in [0.2, 0.25) is 0 Å². The van der Waals surface area contributed by atoms with E-state index in [-0.39, 0.29) is 17.0 Å². The van der Waals surface area contributed by atoms with Gasteiger partial charge in [0, 0.05) is 21.5 Å². The standard InChI is InChI=1S/C14H26O2S/c1-6-7-12-9-8-11(2)13(16-12)10-17(15)14(3,4)5/h8-9,11-13H,6-7,10H2,1-5H3/t11-,12-,13+,17?/m1/s1. The molecule has 1 heterocycles. The maximum absolute atomic E-state index is 12.1. The molecule has 0 N–H and O–H groups in total. The van der Waals surface area contributed by atoms with Crippen molar-refractivity contribution in [3.63, 3.8) is 0 Å². The van der Waals surface area contributed by atoms with Gasteiger partial charge in [0.25, 0.3) is 0 Å². The predicted molar refractivity (Wildman–Crippen MR) is 74.6 cm³/mol. The molecular weight excluding hydrogens is 232 g/mol. The average Bonchev–Trinajstić information content (AvgIpc) is 2.22. The van der Waals surface area contributed by atoms with Gasteiger partial charge in [-0.25, -0.2) is 0 Å². The molecule has 4 atom stereocenters. The third-order valence-electron chi connectivity index (χ3n) is 3.14. The molecule has 0 saturated carbocycles. The van der Waals surface area contributed by atoms with Crippen molar-refractivity contribution in [2.75, 3.05) is 5.75 Å². The van der Waals surface area contributed by atoms with Gasteiger partial charge in [-0.05, 0) is 27.2 Å². The Morgan fingerprint density at radius 1 is 1.29 bits per heavy atom. The second-order valence-corrected chi connectivity index (χ2v) is 8.12. The molecule has 2 nitrogen and oxygen atoms in total. The van der Waals surface area contributed by atoms with Crippen molar-refractivity contribution < 1.29 is 8.95 Å². The summed E-state index contributed by atoms with van der Waals surface area (Å²) >= 11 is 0. The molecule has 0 aliphatic carbocycles. The molecule has 17 heavy (non-hydrogen) atoms. The quantitative estimate of drug-likeness (QED) is 0.723. The Kier molecular flexibility index (Phi) is 5.39. The normalized spacial score (nSPS) is 31.5. The summed E-state index contributed by atoms with van der Waals surface area (Å²) in [5.74, 6) is 1.02. The average molecular weight is 258 g/mol. The molecule has 0 amide bonds. The lowest BCUT2D eigenvalue weighted by Gasteiger charge is -2.32. The number of rotatable bonds is 4. The highest BCUT2D eigenvalue weighted by molar-refractivity contribution is 7.86. The predicted octanol–water partition coefficient (Wildman–Crippen LogP) is 3.29.